The van der Waals surface area contributed by atoms with E-state index in [1.54, 1.807) is 0 Å². The third-order valence-electron chi connectivity index (χ3n) is 3.90. The van der Waals surface area contributed by atoms with Gasteiger partial charge in [-0.1, -0.05) is 19.1 Å². The van der Waals surface area contributed by atoms with Crippen molar-refractivity contribution in [2.75, 3.05) is 13.2 Å². The summed E-state index contributed by atoms with van der Waals surface area (Å²) in [7, 11) is 0. The number of hydrogen-bond acceptors (Lipinski definition) is 3. The summed E-state index contributed by atoms with van der Waals surface area (Å²) in [6.45, 7) is 6.86. The molecule has 0 saturated carbocycles. The third-order valence-corrected chi connectivity index (χ3v) is 3.90. The molecule has 3 unspecified atom stereocenters. The first kappa shape index (κ1) is 17.1. The third kappa shape index (κ3) is 5.16. The number of urea groups is 1. The van der Waals surface area contributed by atoms with Gasteiger partial charge in [0.15, 0.2) is 0 Å². The second-order valence-corrected chi connectivity index (χ2v) is 6.18. The minimum atomic E-state index is -0.478. The molecule has 3 atom stereocenters. The van der Waals surface area contributed by atoms with Gasteiger partial charge in [0.2, 0.25) is 5.91 Å². The fourth-order valence-corrected chi connectivity index (χ4v) is 2.54. The average Bonchev–Trinajstić information content (AvgIpc) is 2.49. The molecule has 126 valence electrons. The molecule has 3 amide bonds. The number of piperidine rings is 1. The summed E-state index contributed by atoms with van der Waals surface area (Å²) in [5, 5.41) is 8.30. The number of amides is 3. The van der Waals surface area contributed by atoms with Gasteiger partial charge in [-0.15, -0.1) is 0 Å². The zero-order valence-electron chi connectivity index (χ0n) is 13.9. The van der Waals surface area contributed by atoms with Crippen LogP contribution in [0, 0.1) is 12.8 Å². The molecule has 0 aliphatic carbocycles. The van der Waals surface area contributed by atoms with Gasteiger partial charge in [-0.25, -0.2) is 4.79 Å². The molecule has 0 aromatic heterocycles. The number of hydrogen-bond donors (Lipinski definition) is 3. The second-order valence-electron chi connectivity index (χ2n) is 6.18. The summed E-state index contributed by atoms with van der Waals surface area (Å²) in [5.74, 6) is 0.787. The molecule has 1 heterocycles. The maximum Gasteiger partial charge on any atom is 0.315 e. The molecule has 1 aromatic rings. The fourth-order valence-electron chi connectivity index (χ4n) is 2.54. The Morgan fingerprint density at radius 2 is 2.26 bits per heavy atom. The molecule has 3 N–H and O–H groups in total. The lowest BCUT2D eigenvalue weighted by atomic mass is 9.94. The van der Waals surface area contributed by atoms with Crippen LogP contribution in [0.25, 0.3) is 0 Å². The molecule has 1 fully saturated rings. The summed E-state index contributed by atoms with van der Waals surface area (Å²) < 4.78 is 5.66. The first-order valence-corrected chi connectivity index (χ1v) is 8.00. The number of rotatable bonds is 5. The van der Waals surface area contributed by atoms with Crippen LogP contribution in [0.1, 0.15) is 25.8 Å². The van der Waals surface area contributed by atoms with Crippen LogP contribution in [0.4, 0.5) is 4.79 Å². The van der Waals surface area contributed by atoms with E-state index in [0.717, 1.165) is 17.7 Å². The average molecular weight is 319 g/mol. The van der Waals surface area contributed by atoms with Gasteiger partial charge in [0.05, 0.1) is 6.04 Å². The normalized spacial score (nSPS) is 22.0. The van der Waals surface area contributed by atoms with E-state index in [9.17, 15) is 9.59 Å². The van der Waals surface area contributed by atoms with Crippen LogP contribution in [0.2, 0.25) is 0 Å². The van der Waals surface area contributed by atoms with Gasteiger partial charge in [-0.3, -0.25) is 4.79 Å². The van der Waals surface area contributed by atoms with Crippen LogP contribution < -0.4 is 20.7 Å². The molecule has 1 saturated heterocycles. The van der Waals surface area contributed by atoms with Gasteiger partial charge in [0, 0.05) is 6.54 Å². The van der Waals surface area contributed by atoms with E-state index < -0.39 is 6.04 Å². The summed E-state index contributed by atoms with van der Waals surface area (Å²) >= 11 is 0. The maximum absolute atomic E-state index is 12.0. The predicted octanol–water partition coefficient (Wildman–Crippen LogP) is 1.59. The van der Waals surface area contributed by atoms with Crippen LogP contribution >= 0.6 is 0 Å². The fraction of sp³-hybridized carbons (Fsp3) is 0.529. The first-order valence-electron chi connectivity index (χ1n) is 8.00. The smallest absolute Gasteiger partial charge is 0.315 e. The highest BCUT2D eigenvalue weighted by atomic mass is 16.5. The summed E-state index contributed by atoms with van der Waals surface area (Å²) in [6.07, 6.45) is 0.864. The van der Waals surface area contributed by atoms with Crippen molar-refractivity contribution in [3.05, 3.63) is 29.8 Å². The zero-order valence-corrected chi connectivity index (χ0v) is 13.9. The van der Waals surface area contributed by atoms with Crippen molar-refractivity contribution in [3.63, 3.8) is 0 Å². The Kier molecular flexibility index (Phi) is 5.84. The molecular weight excluding hydrogens is 294 g/mol. The van der Waals surface area contributed by atoms with Crippen LogP contribution in [0.5, 0.6) is 5.75 Å². The molecule has 0 spiro atoms. The van der Waals surface area contributed by atoms with E-state index in [1.807, 2.05) is 45.0 Å². The van der Waals surface area contributed by atoms with Crippen molar-refractivity contribution >= 4 is 11.9 Å². The summed E-state index contributed by atoms with van der Waals surface area (Å²) in [4.78, 5) is 23.8. The Morgan fingerprint density at radius 1 is 1.48 bits per heavy atom. The van der Waals surface area contributed by atoms with Crippen molar-refractivity contribution in [1.29, 1.82) is 0 Å². The zero-order chi connectivity index (χ0) is 16.8. The monoisotopic (exact) mass is 319 g/mol. The van der Waals surface area contributed by atoms with Gasteiger partial charge in [-0.05, 0) is 43.9 Å². The van der Waals surface area contributed by atoms with Crippen LogP contribution in [-0.2, 0) is 4.79 Å². The number of ether oxygens (including phenoxy) is 1. The van der Waals surface area contributed by atoms with Crippen molar-refractivity contribution in [3.8, 4) is 5.75 Å². The molecule has 1 aromatic carbocycles. The Labute approximate surface area is 137 Å². The van der Waals surface area contributed by atoms with Gasteiger partial charge < -0.3 is 20.7 Å². The van der Waals surface area contributed by atoms with E-state index in [2.05, 4.69) is 16.0 Å². The van der Waals surface area contributed by atoms with Gasteiger partial charge in [-0.2, -0.15) is 0 Å². The van der Waals surface area contributed by atoms with E-state index in [1.165, 1.54) is 0 Å². The Balaban J connectivity index is 1.77. The molecular formula is C17H25N3O3. The lowest BCUT2D eigenvalue weighted by Crippen LogP contribution is -2.57. The van der Waals surface area contributed by atoms with Gasteiger partial charge >= 0.3 is 6.03 Å². The van der Waals surface area contributed by atoms with Gasteiger partial charge in [0.25, 0.3) is 0 Å². The van der Waals surface area contributed by atoms with E-state index in [-0.39, 0.29) is 23.9 Å². The van der Waals surface area contributed by atoms with Crippen LogP contribution in [0.15, 0.2) is 24.3 Å². The molecule has 23 heavy (non-hydrogen) atoms. The van der Waals surface area contributed by atoms with E-state index >= 15 is 0 Å². The number of aryl methyl sites for hydroxylation is 1. The predicted molar refractivity (Wildman–Crippen MR) is 88.4 cm³/mol. The standard InChI is InChI=1S/C17H25N3O3/c1-11-5-4-6-14(9-11)23-10-13(3)19-17(22)20-15-12(2)7-8-18-16(15)21/h4-6,9,12-13,15H,7-8,10H2,1-3H3,(H,18,21)(H2,19,20,22). The minimum Gasteiger partial charge on any atom is -0.491 e. The number of carbonyl (C=O) groups is 2. The molecule has 1 aliphatic rings. The van der Waals surface area contributed by atoms with Crippen LogP contribution in [0.3, 0.4) is 0 Å². The van der Waals surface area contributed by atoms with Crippen molar-refractivity contribution in [1.82, 2.24) is 16.0 Å². The highest BCUT2D eigenvalue weighted by Crippen LogP contribution is 2.13. The van der Waals surface area contributed by atoms with E-state index in [4.69, 9.17) is 4.74 Å². The molecule has 2 rings (SSSR count). The first-order chi connectivity index (χ1) is 11.0. The Morgan fingerprint density at radius 3 is 2.96 bits per heavy atom. The van der Waals surface area contributed by atoms with Gasteiger partial charge in [0.1, 0.15) is 18.4 Å². The minimum absolute atomic E-state index is 0.123. The molecule has 0 radical (unpaired) electrons. The molecule has 6 nitrogen and oxygen atoms in total. The molecule has 1 aliphatic heterocycles. The van der Waals surface area contributed by atoms with Crippen molar-refractivity contribution in [2.24, 2.45) is 5.92 Å². The largest absolute Gasteiger partial charge is 0.491 e. The lowest BCUT2D eigenvalue weighted by molar-refractivity contribution is -0.125. The number of benzene rings is 1. The van der Waals surface area contributed by atoms with Crippen LogP contribution in [-0.4, -0.2) is 37.2 Å². The summed E-state index contributed by atoms with van der Waals surface area (Å²) in [6, 6.07) is 6.76. The molecule has 0 bridgehead atoms. The highest BCUT2D eigenvalue weighted by Gasteiger charge is 2.30. The second kappa shape index (κ2) is 7.85. The lowest BCUT2D eigenvalue weighted by Gasteiger charge is -2.29. The SMILES string of the molecule is Cc1cccc(OCC(C)NC(=O)NC2C(=O)NCCC2C)c1. The topological polar surface area (TPSA) is 79.5 Å². The number of carbonyl (C=O) groups excluding carboxylic acids is 2. The van der Waals surface area contributed by atoms with Crippen molar-refractivity contribution < 1.29 is 14.3 Å². The quantitative estimate of drug-likeness (QED) is 0.771. The van der Waals surface area contributed by atoms with Crippen molar-refractivity contribution in [2.45, 2.75) is 39.3 Å². The number of nitrogens with one attached hydrogen (secondary N) is 3. The molecule has 6 heteroatoms. The summed E-state index contributed by atoms with van der Waals surface area (Å²) in [5.41, 5.74) is 1.12. The van der Waals surface area contributed by atoms with E-state index in [0.29, 0.717) is 13.2 Å². The Hall–Kier alpha value is -2.24. The maximum atomic E-state index is 12.0. The Bertz CT molecular complexity index is 562. The highest BCUT2D eigenvalue weighted by molar-refractivity contribution is 5.87.